The third kappa shape index (κ3) is 6.17. The smallest absolute Gasteiger partial charge is 0.0331 e. The summed E-state index contributed by atoms with van der Waals surface area (Å²) in [6, 6.07) is 1.23. The fraction of sp³-hybridized carbons (Fsp3) is 0.667. The Balaban J connectivity index is 3.24. The van der Waals surface area contributed by atoms with Crippen LogP contribution in [0.15, 0.2) is 12.7 Å². The van der Waals surface area contributed by atoms with Gasteiger partial charge >= 0.3 is 0 Å². The van der Waals surface area contributed by atoms with Crippen LogP contribution in [0.4, 0.5) is 0 Å². The molecule has 0 rings (SSSR count). The molecule has 2 heteroatoms. The second-order valence-corrected chi connectivity index (χ2v) is 13.7. The monoisotopic (exact) mass is 142 g/mol. The van der Waals surface area contributed by atoms with Gasteiger partial charge in [-0.15, -0.1) is 6.58 Å². The summed E-state index contributed by atoms with van der Waals surface area (Å²) in [5.41, 5.74) is 0. The zero-order valence-corrected chi connectivity index (χ0v) is 7.99. The van der Waals surface area contributed by atoms with Crippen LogP contribution < -0.4 is 0 Å². The van der Waals surface area contributed by atoms with Crippen molar-refractivity contribution in [3.63, 3.8) is 0 Å². The van der Waals surface area contributed by atoms with Crippen molar-refractivity contribution in [2.75, 3.05) is 0 Å². The highest BCUT2D eigenvalue weighted by Crippen LogP contribution is 1.99. The Kier molecular flexibility index (Phi) is 3.32. The number of rotatable bonds is 3. The molecule has 0 aliphatic rings. The molecular weight excluding hydrogens is 128 g/mol. The van der Waals surface area contributed by atoms with Gasteiger partial charge in [-0.1, -0.05) is 25.7 Å². The average Bonchev–Trinajstić information content (AvgIpc) is 1.59. The van der Waals surface area contributed by atoms with E-state index in [2.05, 4.69) is 26.2 Å². The molecule has 8 heavy (non-hydrogen) atoms. The summed E-state index contributed by atoms with van der Waals surface area (Å²) in [6.45, 7) is 10.9. The first-order chi connectivity index (χ1) is 3.56. The molecule has 0 spiro atoms. The van der Waals surface area contributed by atoms with Gasteiger partial charge in [0.05, 0.1) is 0 Å². The lowest BCUT2D eigenvalue weighted by atomic mass is 10.8. The van der Waals surface area contributed by atoms with Crippen LogP contribution in [0.2, 0.25) is 25.7 Å². The van der Waals surface area contributed by atoms with Crippen molar-refractivity contribution in [1.29, 1.82) is 0 Å². The largest absolute Gasteiger partial charge is 0.103 e. The van der Waals surface area contributed by atoms with Crippen LogP contribution in [0.5, 0.6) is 0 Å². The zero-order chi connectivity index (χ0) is 6.62. The van der Waals surface area contributed by atoms with Crippen LogP contribution in [0, 0.1) is 0 Å². The summed E-state index contributed by atoms with van der Waals surface area (Å²) >= 11 is 0. The number of allylic oxidation sites excluding steroid dienone is 1. The van der Waals surface area contributed by atoms with Crippen molar-refractivity contribution in [3.8, 4) is 0 Å². The van der Waals surface area contributed by atoms with Gasteiger partial charge in [0.1, 0.15) is 0 Å². The summed E-state index contributed by atoms with van der Waals surface area (Å²) in [6.07, 6.45) is 2.02. The van der Waals surface area contributed by atoms with Crippen molar-refractivity contribution in [3.05, 3.63) is 12.7 Å². The zero-order valence-electron chi connectivity index (χ0n) is 5.99. The average molecular weight is 142 g/mol. The summed E-state index contributed by atoms with van der Waals surface area (Å²) in [5.74, 6) is 0. The Morgan fingerprint density at radius 2 is 2.00 bits per heavy atom. The summed E-state index contributed by atoms with van der Waals surface area (Å²) in [5, 5.41) is 0. The molecule has 0 nitrogen and oxygen atoms in total. The van der Waals surface area contributed by atoms with Gasteiger partial charge < -0.3 is 0 Å². The van der Waals surface area contributed by atoms with E-state index in [-0.39, 0.29) is 0 Å². The predicted octanol–water partition coefficient (Wildman–Crippen LogP) is 2.13. The first-order valence-corrected chi connectivity index (χ1v) is 8.63. The van der Waals surface area contributed by atoms with E-state index in [0.717, 1.165) is 9.04 Å². The molecular formula is C6H14Si2. The lowest BCUT2D eigenvalue weighted by molar-refractivity contribution is 1.71. The molecule has 46 valence electrons. The summed E-state index contributed by atoms with van der Waals surface area (Å²) in [4.78, 5) is 0. The van der Waals surface area contributed by atoms with Crippen LogP contribution >= 0.6 is 0 Å². The molecule has 2 radical (unpaired) electrons. The summed E-state index contributed by atoms with van der Waals surface area (Å²) < 4.78 is 0. The Morgan fingerprint density at radius 1 is 1.50 bits per heavy atom. The van der Waals surface area contributed by atoms with E-state index < -0.39 is 7.59 Å². The SMILES string of the molecule is C=CC[Si][Si](C)(C)C. The highest BCUT2D eigenvalue weighted by Gasteiger charge is 2.10. The van der Waals surface area contributed by atoms with E-state index in [1.54, 1.807) is 0 Å². The van der Waals surface area contributed by atoms with Gasteiger partial charge in [0.15, 0.2) is 0 Å². The van der Waals surface area contributed by atoms with E-state index in [1.807, 2.05) is 6.08 Å². The second kappa shape index (κ2) is 3.25. The fourth-order valence-electron chi connectivity index (χ4n) is 0.378. The maximum Gasteiger partial charge on any atom is 0.0331 e. The van der Waals surface area contributed by atoms with E-state index in [0.29, 0.717) is 0 Å². The minimum atomic E-state index is -0.722. The molecule has 0 saturated carbocycles. The van der Waals surface area contributed by atoms with Crippen LogP contribution in [-0.2, 0) is 0 Å². The molecule has 0 fully saturated rings. The van der Waals surface area contributed by atoms with Crippen molar-refractivity contribution in [1.82, 2.24) is 0 Å². The quantitative estimate of drug-likeness (QED) is 0.418. The van der Waals surface area contributed by atoms with E-state index in [4.69, 9.17) is 0 Å². The molecule has 0 aliphatic carbocycles. The lowest BCUT2D eigenvalue weighted by Gasteiger charge is -2.11. The molecule has 0 aromatic carbocycles. The Labute approximate surface area is 55.6 Å². The minimum absolute atomic E-state index is 0.722. The van der Waals surface area contributed by atoms with Crippen LogP contribution in [0.1, 0.15) is 0 Å². The number of hydrogen-bond acceptors (Lipinski definition) is 0. The minimum Gasteiger partial charge on any atom is -0.103 e. The Bertz CT molecular complexity index is 71.1. The van der Waals surface area contributed by atoms with Crippen LogP contribution in [0.25, 0.3) is 0 Å². The Hall–Kier alpha value is 0.174. The molecule has 0 unspecified atom stereocenters. The lowest BCUT2D eigenvalue weighted by Crippen LogP contribution is -2.28. The molecule has 0 bridgehead atoms. The van der Waals surface area contributed by atoms with Gasteiger partial charge in [0, 0.05) is 16.6 Å². The Morgan fingerprint density at radius 3 is 2.12 bits per heavy atom. The van der Waals surface area contributed by atoms with Gasteiger partial charge in [0.25, 0.3) is 0 Å². The van der Waals surface area contributed by atoms with E-state index >= 15 is 0 Å². The number of hydrogen-bond donors (Lipinski definition) is 0. The molecule has 0 atom stereocenters. The van der Waals surface area contributed by atoms with Gasteiger partial charge in [-0.2, -0.15) is 0 Å². The van der Waals surface area contributed by atoms with Crippen molar-refractivity contribution in [2.45, 2.75) is 25.7 Å². The van der Waals surface area contributed by atoms with Gasteiger partial charge in [0.2, 0.25) is 0 Å². The highest BCUT2D eigenvalue weighted by molar-refractivity contribution is 7.23. The molecule has 0 N–H and O–H groups in total. The van der Waals surface area contributed by atoms with Crippen molar-refractivity contribution in [2.24, 2.45) is 0 Å². The first-order valence-electron chi connectivity index (χ1n) is 2.92. The maximum atomic E-state index is 3.69. The van der Waals surface area contributed by atoms with E-state index in [1.165, 1.54) is 6.04 Å². The normalized spacial score (nSPS) is 11.4. The topological polar surface area (TPSA) is 0 Å². The third-order valence-corrected chi connectivity index (χ3v) is 6.12. The fourth-order valence-corrected chi connectivity index (χ4v) is 3.41. The van der Waals surface area contributed by atoms with Crippen LogP contribution in [0.3, 0.4) is 0 Å². The molecule has 0 amide bonds. The van der Waals surface area contributed by atoms with Crippen molar-refractivity contribution >= 4 is 16.6 Å². The predicted molar refractivity (Wildman–Crippen MR) is 44.1 cm³/mol. The van der Waals surface area contributed by atoms with Gasteiger partial charge in [-0.05, 0) is 6.04 Å². The maximum absolute atomic E-state index is 3.69. The molecule has 0 aliphatic heterocycles. The molecule has 0 heterocycles. The van der Waals surface area contributed by atoms with Crippen molar-refractivity contribution < 1.29 is 0 Å². The molecule has 0 saturated heterocycles. The second-order valence-electron chi connectivity index (χ2n) is 2.92. The summed E-state index contributed by atoms with van der Waals surface area (Å²) in [7, 11) is 0.441. The third-order valence-electron chi connectivity index (χ3n) is 0.777. The van der Waals surface area contributed by atoms with Crippen LogP contribution in [-0.4, -0.2) is 16.6 Å². The first kappa shape index (κ1) is 8.17. The molecule has 0 aromatic heterocycles. The van der Waals surface area contributed by atoms with Gasteiger partial charge in [-0.3, -0.25) is 0 Å². The van der Waals surface area contributed by atoms with Gasteiger partial charge in [-0.25, -0.2) is 0 Å². The molecule has 0 aromatic rings. The standard InChI is InChI=1S/C6H14Si2/c1-5-6-7-8(2,3)4/h5H,1,6H2,2-4H3. The van der Waals surface area contributed by atoms with E-state index in [9.17, 15) is 0 Å². The highest BCUT2D eigenvalue weighted by atomic mass is 29.2.